The zero-order chi connectivity index (χ0) is 30.2. The number of aryl methyl sites for hydroxylation is 2. The van der Waals surface area contributed by atoms with Gasteiger partial charge in [-0.05, 0) is 94.3 Å². The average molecular weight is 616 g/mol. The SMILES string of the molecule is Cc1nn(COCCS(C)(C)C)c(C)c1-c1ccc(NC(=O)[C@@H](NC(=O)c2ccnn2C)C(C2CC2)C2CC2)nc1Cl. The summed E-state index contributed by atoms with van der Waals surface area (Å²) >= 11 is 6.70. The number of nitrogens with one attached hydrogen (secondary N) is 2. The highest BCUT2D eigenvalue weighted by Gasteiger charge is 2.48. The van der Waals surface area contributed by atoms with E-state index in [9.17, 15) is 9.59 Å². The number of carbonyl (C=O) groups is 2. The van der Waals surface area contributed by atoms with Crippen LogP contribution in [0.2, 0.25) is 5.15 Å². The molecule has 2 N–H and O–H groups in total. The van der Waals surface area contributed by atoms with Crippen LogP contribution in [0.15, 0.2) is 24.4 Å². The lowest BCUT2D eigenvalue weighted by Gasteiger charge is -2.27. The van der Waals surface area contributed by atoms with Gasteiger partial charge in [-0.1, -0.05) is 11.6 Å². The number of amides is 2. The van der Waals surface area contributed by atoms with E-state index in [-0.39, 0.29) is 22.9 Å². The second-order valence-corrected chi connectivity index (χ2v) is 17.4. The Balaban J connectivity index is 1.31. The Labute approximate surface area is 254 Å². The van der Waals surface area contributed by atoms with Crippen LogP contribution in [0, 0.1) is 31.6 Å². The minimum atomic E-state index is -0.671. The fourth-order valence-electron chi connectivity index (χ4n) is 5.61. The highest BCUT2D eigenvalue weighted by molar-refractivity contribution is 8.32. The van der Waals surface area contributed by atoms with Crippen LogP contribution in [0.4, 0.5) is 5.82 Å². The predicted octanol–water partition coefficient (Wildman–Crippen LogP) is 4.79. The summed E-state index contributed by atoms with van der Waals surface area (Å²) in [5.41, 5.74) is 3.82. The minimum absolute atomic E-state index is 0.0973. The van der Waals surface area contributed by atoms with Gasteiger partial charge in [0, 0.05) is 35.8 Å². The van der Waals surface area contributed by atoms with E-state index in [2.05, 4.69) is 44.6 Å². The van der Waals surface area contributed by atoms with Crippen molar-refractivity contribution in [1.82, 2.24) is 29.9 Å². The van der Waals surface area contributed by atoms with E-state index in [0.29, 0.717) is 36.7 Å². The second kappa shape index (κ2) is 12.4. The van der Waals surface area contributed by atoms with E-state index in [4.69, 9.17) is 16.3 Å². The number of ether oxygens (including phenoxy) is 1. The molecule has 228 valence electrons. The summed E-state index contributed by atoms with van der Waals surface area (Å²) in [4.78, 5) is 31.4. The molecule has 3 heterocycles. The molecule has 0 aromatic carbocycles. The number of hydrogen-bond acceptors (Lipinski definition) is 6. The third-order valence-corrected chi connectivity index (χ3v) is 9.82. The predicted molar refractivity (Wildman–Crippen MR) is 168 cm³/mol. The zero-order valence-corrected chi connectivity index (χ0v) is 26.9. The third-order valence-electron chi connectivity index (χ3n) is 8.14. The Kier molecular flexibility index (Phi) is 9.01. The van der Waals surface area contributed by atoms with Gasteiger partial charge in [-0.2, -0.15) is 10.2 Å². The van der Waals surface area contributed by atoms with Crippen molar-refractivity contribution >= 4 is 39.3 Å². The first-order valence-corrected chi connectivity index (χ1v) is 17.9. The Morgan fingerprint density at radius 2 is 1.81 bits per heavy atom. The standard InChI is InChI=1S/C30H42ClN7O3S/c1-18-25(19(2)38(36-18)17-41-15-16-42(4,5)6)22-11-12-24(33-28(22)31)34-30(40)27(26(20-7-8-20)21-9-10-21)35-29(39)23-13-14-32-37(23)3/h11-14,20-21,26-27H,7-10,15-17H2,1-6H3,(H,35,39)(H,33,34,40)/t27-/m0/s1. The van der Waals surface area contributed by atoms with E-state index < -0.39 is 16.1 Å². The molecular formula is C30H42ClN7O3S. The van der Waals surface area contributed by atoms with Crippen LogP contribution in [0.1, 0.15) is 47.6 Å². The summed E-state index contributed by atoms with van der Waals surface area (Å²) < 4.78 is 9.27. The molecule has 0 saturated heterocycles. The highest BCUT2D eigenvalue weighted by atomic mass is 35.5. The van der Waals surface area contributed by atoms with Crippen molar-refractivity contribution in [3.05, 3.63) is 46.6 Å². The maximum absolute atomic E-state index is 13.7. The monoisotopic (exact) mass is 615 g/mol. The molecule has 2 amide bonds. The van der Waals surface area contributed by atoms with Crippen LogP contribution in [-0.4, -0.2) is 73.5 Å². The molecule has 0 spiro atoms. The average Bonchev–Trinajstić information content (AvgIpc) is 3.85. The van der Waals surface area contributed by atoms with Crippen molar-refractivity contribution < 1.29 is 14.3 Å². The molecular weight excluding hydrogens is 574 g/mol. The fourth-order valence-corrected chi connectivity index (χ4v) is 6.47. The lowest BCUT2D eigenvalue weighted by atomic mass is 9.88. The second-order valence-electron chi connectivity index (χ2n) is 12.4. The van der Waals surface area contributed by atoms with E-state index in [1.807, 2.05) is 24.6 Å². The molecule has 12 heteroatoms. The molecule has 0 aliphatic heterocycles. The maximum Gasteiger partial charge on any atom is 0.270 e. The van der Waals surface area contributed by atoms with Gasteiger partial charge >= 0.3 is 0 Å². The number of aromatic nitrogens is 5. The van der Waals surface area contributed by atoms with Crippen LogP contribution in [0.5, 0.6) is 0 Å². The van der Waals surface area contributed by atoms with Gasteiger partial charge in [0.15, 0.2) is 0 Å². The molecule has 0 bridgehead atoms. The van der Waals surface area contributed by atoms with Crippen LogP contribution >= 0.6 is 21.6 Å². The van der Waals surface area contributed by atoms with Gasteiger partial charge in [0.1, 0.15) is 29.4 Å². The molecule has 2 aliphatic rings. The topological polar surface area (TPSA) is 116 Å². The number of anilines is 1. The molecule has 0 unspecified atom stereocenters. The summed E-state index contributed by atoms with van der Waals surface area (Å²) in [6.45, 7) is 4.99. The lowest BCUT2D eigenvalue weighted by Crippen LogP contribution is -2.50. The van der Waals surface area contributed by atoms with Crippen molar-refractivity contribution in [2.75, 3.05) is 36.4 Å². The van der Waals surface area contributed by atoms with Gasteiger partial charge in [-0.15, -0.1) is 0 Å². The van der Waals surface area contributed by atoms with E-state index >= 15 is 0 Å². The van der Waals surface area contributed by atoms with Crippen molar-refractivity contribution in [3.8, 4) is 11.1 Å². The molecule has 42 heavy (non-hydrogen) atoms. The first-order valence-electron chi connectivity index (χ1n) is 14.5. The van der Waals surface area contributed by atoms with E-state index in [1.165, 1.54) is 4.68 Å². The van der Waals surface area contributed by atoms with Crippen LogP contribution in [0.25, 0.3) is 11.1 Å². The molecule has 10 nitrogen and oxygen atoms in total. The largest absolute Gasteiger partial charge is 0.358 e. The van der Waals surface area contributed by atoms with Crippen molar-refractivity contribution in [2.24, 2.45) is 24.8 Å². The normalized spacial score (nSPS) is 16.5. The molecule has 3 aromatic heterocycles. The van der Waals surface area contributed by atoms with Crippen LogP contribution < -0.4 is 10.6 Å². The Bertz CT molecular complexity index is 1440. The van der Waals surface area contributed by atoms with Crippen molar-refractivity contribution in [2.45, 2.75) is 52.3 Å². The van der Waals surface area contributed by atoms with Gasteiger partial charge in [0.05, 0.1) is 12.3 Å². The first-order chi connectivity index (χ1) is 19.9. The number of pyridine rings is 1. The maximum atomic E-state index is 13.7. The molecule has 1 atom stereocenters. The summed E-state index contributed by atoms with van der Waals surface area (Å²) in [5.74, 6) is 1.78. The van der Waals surface area contributed by atoms with Gasteiger partial charge < -0.3 is 15.4 Å². The smallest absolute Gasteiger partial charge is 0.270 e. The third kappa shape index (κ3) is 7.18. The number of rotatable bonds is 13. The Hall–Kier alpha value is -2.89. The van der Waals surface area contributed by atoms with Gasteiger partial charge in [-0.3, -0.25) is 14.3 Å². The quantitative estimate of drug-likeness (QED) is 0.211. The molecule has 0 radical (unpaired) electrons. The summed E-state index contributed by atoms with van der Waals surface area (Å²) in [6.07, 6.45) is 12.7. The summed E-state index contributed by atoms with van der Waals surface area (Å²) in [5, 5.41) is 15.0. The van der Waals surface area contributed by atoms with Gasteiger partial charge in [-0.25, -0.2) is 19.7 Å². The van der Waals surface area contributed by atoms with Gasteiger partial charge in [0.25, 0.3) is 5.91 Å². The first kappa shape index (κ1) is 30.6. The fraction of sp³-hybridized carbons (Fsp3) is 0.567. The lowest BCUT2D eigenvalue weighted by molar-refractivity contribution is -0.119. The Morgan fingerprint density at radius 1 is 1.12 bits per heavy atom. The van der Waals surface area contributed by atoms with E-state index in [0.717, 1.165) is 54.0 Å². The molecule has 2 aliphatic carbocycles. The Morgan fingerprint density at radius 3 is 2.38 bits per heavy atom. The molecule has 2 fully saturated rings. The molecule has 2 saturated carbocycles. The van der Waals surface area contributed by atoms with Gasteiger partial charge in [0.2, 0.25) is 5.91 Å². The number of nitrogens with zero attached hydrogens (tertiary/aromatic N) is 5. The van der Waals surface area contributed by atoms with Crippen molar-refractivity contribution in [1.29, 1.82) is 0 Å². The highest BCUT2D eigenvalue weighted by Crippen LogP contribution is 2.51. The number of halogens is 1. The number of hydrogen-bond donors (Lipinski definition) is 2. The minimum Gasteiger partial charge on any atom is -0.358 e. The summed E-state index contributed by atoms with van der Waals surface area (Å²) in [7, 11) is 1.09. The van der Waals surface area contributed by atoms with E-state index in [1.54, 1.807) is 25.4 Å². The summed E-state index contributed by atoms with van der Waals surface area (Å²) in [6, 6.07) is 4.59. The van der Waals surface area contributed by atoms with Crippen molar-refractivity contribution in [3.63, 3.8) is 0 Å². The number of carbonyl (C=O) groups excluding carboxylic acids is 2. The van der Waals surface area contributed by atoms with Crippen LogP contribution in [0.3, 0.4) is 0 Å². The zero-order valence-electron chi connectivity index (χ0n) is 25.3. The van der Waals surface area contributed by atoms with Crippen LogP contribution in [-0.2, 0) is 23.3 Å². The molecule has 5 rings (SSSR count). The molecule has 3 aromatic rings.